The normalized spacial score (nSPS) is 34.5. The second-order valence-corrected chi connectivity index (χ2v) is 6.26. The van der Waals surface area contributed by atoms with Crippen LogP contribution in [0.1, 0.15) is 72.1 Å². The third-order valence-corrected chi connectivity index (χ3v) is 5.04. The van der Waals surface area contributed by atoms with E-state index in [1.54, 1.807) is 0 Å². The van der Waals surface area contributed by atoms with E-state index in [1.807, 2.05) is 0 Å². The van der Waals surface area contributed by atoms with Crippen LogP contribution in [0, 0.1) is 0 Å². The monoisotopic (exact) mass is 252 g/mol. The molecule has 0 aliphatic carbocycles. The van der Waals surface area contributed by atoms with Gasteiger partial charge in [0.2, 0.25) is 0 Å². The molecule has 2 nitrogen and oxygen atoms in total. The van der Waals surface area contributed by atoms with Crippen molar-refractivity contribution in [1.29, 1.82) is 0 Å². The molecule has 0 amide bonds. The fraction of sp³-hybridized carbons (Fsp3) is 1.00. The highest BCUT2D eigenvalue weighted by molar-refractivity contribution is 4.97. The first-order chi connectivity index (χ1) is 8.80. The van der Waals surface area contributed by atoms with Crippen LogP contribution in [0.25, 0.3) is 0 Å². The van der Waals surface area contributed by atoms with E-state index >= 15 is 0 Å². The van der Waals surface area contributed by atoms with Crippen LogP contribution >= 0.6 is 0 Å². The largest absolute Gasteiger partial charge is 0.314 e. The van der Waals surface area contributed by atoms with Crippen molar-refractivity contribution in [3.05, 3.63) is 0 Å². The highest BCUT2D eigenvalue weighted by Gasteiger charge is 2.40. The Labute approximate surface area is 114 Å². The molecule has 0 aromatic carbocycles. The molecule has 106 valence electrons. The van der Waals surface area contributed by atoms with E-state index in [9.17, 15) is 0 Å². The van der Waals surface area contributed by atoms with Gasteiger partial charge in [-0.25, -0.2) is 0 Å². The maximum Gasteiger partial charge on any atom is 0.0116 e. The molecule has 3 unspecified atom stereocenters. The molecule has 2 heteroatoms. The summed E-state index contributed by atoms with van der Waals surface area (Å²) in [7, 11) is 0. The summed E-state index contributed by atoms with van der Waals surface area (Å²) in [4.78, 5) is 2.93. The number of piperidine rings is 2. The highest BCUT2D eigenvalue weighted by atomic mass is 15.2. The summed E-state index contributed by atoms with van der Waals surface area (Å²) < 4.78 is 0. The number of hydrogen-bond acceptors (Lipinski definition) is 2. The van der Waals surface area contributed by atoms with Crippen molar-refractivity contribution in [1.82, 2.24) is 10.2 Å². The quantitative estimate of drug-likeness (QED) is 0.777. The van der Waals surface area contributed by atoms with E-state index in [-0.39, 0.29) is 0 Å². The van der Waals surface area contributed by atoms with Gasteiger partial charge in [-0.2, -0.15) is 0 Å². The number of nitrogens with zero attached hydrogens (tertiary/aromatic N) is 1. The zero-order chi connectivity index (χ0) is 13.0. The molecule has 2 fully saturated rings. The Hall–Kier alpha value is -0.0800. The van der Waals surface area contributed by atoms with E-state index in [4.69, 9.17) is 0 Å². The summed E-state index contributed by atoms with van der Waals surface area (Å²) >= 11 is 0. The lowest BCUT2D eigenvalue weighted by Crippen LogP contribution is -2.59. The predicted octanol–water partition coefficient (Wildman–Crippen LogP) is 3.56. The Kier molecular flexibility index (Phi) is 5.50. The van der Waals surface area contributed by atoms with Crippen LogP contribution in [0.2, 0.25) is 0 Å². The molecule has 2 aliphatic heterocycles. The molecule has 3 atom stereocenters. The highest BCUT2D eigenvalue weighted by Crippen LogP contribution is 2.37. The van der Waals surface area contributed by atoms with Crippen LogP contribution in [0.5, 0.6) is 0 Å². The fourth-order valence-corrected chi connectivity index (χ4v) is 4.37. The van der Waals surface area contributed by atoms with Gasteiger partial charge in [0.25, 0.3) is 0 Å². The zero-order valence-corrected chi connectivity index (χ0v) is 12.6. The summed E-state index contributed by atoms with van der Waals surface area (Å²) in [5.41, 5.74) is 0. The molecule has 18 heavy (non-hydrogen) atoms. The van der Waals surface area contributed by atoms with Crippen molar-refractivity contribution in [2.45, 2.75) is 96.3 Å². The van der Waals surface area contributed by atoms with E-state index in [2.05, 4.69) is 31.0 Å². The fourth-order valence-electron chi connectivity index (χ4n) is 4.37. The minimum atomic E-state index is 0.792. The molecular weight excluding hydrogens is 220 g/mol. The second-order valence-electron chi connectivity index (χ2n) is 6.26. The van der Waals surface area contributed by atoms with Crippen LogP contribution in [0.4, 0.5) is 0 Å². The average Bonchev–Trinajstić information content (AvgIpc) is 2.35. The minimum absolute atomic E-state index is 0.792. The maximum absolute atomic E-state index is 3.70. The first-order valence-electron chi connectivity index (χ1n) is 8.30. The van der Waals surface area contributed by atoms with E-state index in [0.717, 1.165) is 30.7 Å². The summed E-state index contributed by atoms with van der Waals surface area (Å²) in [6.07, 6.45) is 11.2. The van der Waals surface area contributed by atoms with Gasteiger partial charge < -0.3 is 5.32 Å². The molecular formula is C16H32N2. The standard InChI is InChI=1S/C16H32N2/c1-4-8-14(5-2)18-15-9-7-10-16(18)12-13(11-15)17-6-3/h13-17H,4-12H2,1-3H3. The van der Waals surface area contributed by atoms with Crippen LogP contribution in [-0.4, -0.2) is 35.6 Å². The van der Waals surface area contributed by atoms with Gasteiger partial charge in [-0.3, -0.25) is 4.90 Å². The van der Waals surface area contributed by atoms with Gasteiger partial charge in [-0.15, -0.1) is 0 Å². The van der Waals surface area contributed by atoms with Crippen LogP contribution in [-0.2, 0) is 0 Å². The molecule has 0 aromatic rings. The van der Waals surface area contributed by atoms with Crippen LogP contribution < -0.4 is 5.32 Å². The Morgan fingerprint density at radius 3 is 2.28 bits per heavy atom. The maximum atomic E-state index is 3.70. The predicted molar refractivity (Wildman–Crippen MR) is 79.0 cm³/mol. The third-order valence-electron chi connectivity index (χ3n) is 5.04. The third kappa shape index (κ3) is 3.08. The van der Waals surface area contributed by atoms with Crippen molar-refractivity contribution in [2.75, 3.05) is 6.54 Å². The van der Waals surface area contributed by atoms with Gasteiger partial charge in [0.05, 0.1) is 0 Å². The zero-order valence-electron chi connectivity index (χ0n) is 12.6. The molecule has 2 saturated heterocycles. The SMILES string of the molecule is CCCC(CC)N1C2CCCC1CC(NCC)C2. The van der Waals surface area contributed by atoms with Gasteiger partial charge in [0.15, 0.2) is 0 Å². The first-order valence-corrected chi connectivity index (χ1v) is 8.30. The van der Waals surface area contributed by atoms with Crippen molar-refractivity contribution < 1.29 is 0 Å². The summed E-state index contributed by atoms with van der Waals surface area (Å²) in [6.45, 7) is 8.10. The Morgan fingerprint density at radius 1 is 1.11 bits per heavy atom. The van der Waals surface area contributed by atoms with Gasteiger partial charge in [-0.05, 0) is 45.1 Å². The minimum Gasteiger partial charge on any atom is -0.314 e. The van der Waals surface area contributed by atoms with E-state index in [1.165, 1.54) is 51.4 Å². The number of hydrogen-bond donors (Lipinski definition) is 1. The van der Waals surface area contributed by atoms with Crippen molar-refractivity contribution in [2.24, 2.45) is 0 Å². The molecule has 2 heterocycles. The molecule has 2 bridgehead atoms. The van der Waals surface area contributed by atoms with E-state index < -0.39 is 0 Å². The molecule has 1 N–H and O–H groups in total. The molecule has 2 aliphatic rings. The molecule has 2 rings (SSSR count). The van der Waals surface area contributed by atoms with Crippen molar-refractivity contribution >= 4 is 0 Å². The summed E-state index contributed by atoms with van der Waals surface area (Å²) in [6, 6.07) is 3.39. The number of rotatable bonds is 6. The Balaban J connectivity index is 2.02. The number of fused-ring (bicyclic) bond motifs is 2. The van der Waals surface area contributed by atoms with Crippen molar-refractivity contribution in [3.8, 4) is 0 Å². The lowest BCUT2D eigenvalue weighted by Gasteiger charge is -2.52. The lowest BCUT2D eigenvalue weighted by molar-refractivity contribution is -0.0147. The van der Waals surface area contributed by atoms with Crippen LogP contribution in [0.3, 0.4) is 0 Å². The van der Waals surface area contributed by atoms with Crippen molar-refractivity contribution in [3.63, 3.8) is 0 Å². The average molecular weight is 252 g/mol. The second kappa shape index (κ2) is 6.91. The lowest BCUT2D eigenvalue weighted by atomic mass is 9.80. The molecule has 0 saturated carbocycles. The van der Waals surface area contributed by atoms with Gasteiger partial charge in [-0.1, -0.05) is 33.6 Å². The number of nitrogens with one attached hydrogen (secondary N) is 1. The molecule has 0 radical (unpaired) electrons. The summed E-state index contributed by atoms with van der Waals surface area (Å²) in [5.74, 6) is 0. The van der Waals surface area contributed by atoms with Gasteiger partial charge in [0, 0.05) is 24.2 Å². The molecule has 0 spiro atoms. The Morgan fingerprint density at radius 2 is 1.78 bits per heavy atom. The summed E-state index contributed by atoms with van der Waals surface area (Å²) in [5, 5.41) is 3.70. The Bertz CT molecular complexity index is 227. The molecule has 0 aromatic heterocycles. The van der Waals surface area contributed by atoms with E-state index in [0.29, 0.717) is 0 Å². The van der Waals surface area contributed by atoms with Crippen LogP contribution in [0.15, 0.2) is 0 Å². The topological polar surface area (TPSA) is 15.3 Å². The van der Waals surface area contributed by atoms with Gasteiger partial charge in [0.1, 0.15) is 0 Å². The van der Waals surface area contributed by atoms with Gasteiger partial charge >= 0.3 is 0 Å². The smallest absolute Gasteiger partial charge is 0.0116 e. The first kappa shape index (κ1) is 14.3.